The number of rotatable bonds is 6. The second-order valence-electron chi connectivity index (χ2n) is 4.33. The number of nitro groups is 1. The van der Waals surface area contributed by atoms with Crippen molar-refractivity contribution in [3.63, 3.8) is 0 Å². The van der Waals surface area contributed by atoms with Crippen LogP contribution in [0.3, 0.4) is 0 Å². The van der Waals surface area contributed by atoms with Gasteiger partial charge in [0.25, 0.3) is 5.69 Å². The molecule has 0 unspecified atom stereocenters. The van der Waals surface area contributed by atoms with E-state index in [9.17, 15) is 20.3 Å². The van der Waals surface area contributed by atoms with Gasteiger partial charge in [0.1, 0.15) is 0 Å². The van der Waals surface area contributed by atoms with Gasteiger partial charge >= 0.3 is 0 Å². The van der Waals surface area contributed by atoms with Crippen LogP contribution in [0.5, 0.6) is 0 Å². The quantitative estimate of drug-likeness (QED) is 0.527. The molecule has 1 aromatic carbocycles. The molecular formula is C12H18N2O4. The molecule has 0 fully saturated rings. The first kappa shape index (κ1) is 14.4. The standard InChI is InChI=1S/C12H18N2O4/c1-3-12(7-15,8-16)13-11-5-4-10(14(17)18)6-9(11)2/h4-6,13,15-16H,3,7-8H2,1-2H3. The number of anilines is 1. The van der Waals surface area contributed by atoms with Crippen LogP contribution in [-0.4, -0.2) is 33.9 Å². The maximum Gasteiger partial charge on any atom is 0.269 e. The van der Waals surface area contributed by atoms with Gasteiger partial charge in [0.2, 0.25) is 0 Å². The van der Waals surface area contributed by atoms with E-state index in [1.54, 1.807) is 13.0 Å². The average molecular weight is 254 g/mol. The van der Waals surface area contributed by atoms with Crippen molar-refractivity contribution in [2.24, 2.45) is 0 Å². The van der Waals surface area contributed by atoms with E-state index in [0.717, 1.165) is 0 Å². The van der Waals surface area contributed by atoms with Gasteiger partial charge in [0.15, 0.2) is 0 Å². The number of aryl methyl sites for hydroxylation is 1. The molecule has 0 amide bonds. The molecule has 0 aromatic heterocycles. The highest BCUT2D eigenvalue weighted by atomic mass is 16.6. The Bertz CT molecular complexity index is 422. The van der Waals surface area contributed by atoms with Gasteiger partial charge < -0.3 is 15.5 Å². The van der Waals surface area contributed by atoms with Crippen molar-refractivity contribution in [2.75, 3.05) is 18.5 Å². The maximum absolute atomic E-state index is 10.6. The molecule has 0 radical (unpaired) electrons. The predicted molar refractivity (Wildman–Crippen MR) is 68.6 cm³/mol. The fourth-order valence-corrected chi connectivity index (χ4v) is 1.63. The highest BCUT2D eigenvalue weighted by Gasteiger charge is 2.27. The Kier molecular flexibility index (Phi) is 4.63. The molecule has 18 heavy (non-hydrogen) atoms. The smallest absolute Gasteiger partial charge is 0.269 e. The van der Waals surface area contributed by atoms with Gasteiger partial charge in [-0.05, 0) is 25.0 Å². The molecule has 0 aliphatic heterocycles. The predicted octanol–water partition coefficient (Wildman–Crippen LogP) is 1.45. The number of nitrogens with one attached hydrogen (secondary N) is 1. The molecule has 100 valence electrons. The van der Waals surface area contributed by atoms with E-state index < -0.39 is 10.5 Å². The zero-order chi connectivity index (χ0) is 13.8. The molecule has 0 bridgehead atoms. The number of nitro benzene ring substituents is 1. The molecule has 0 atom stereocenters. The summed E-state index contributed by atoms with van der Waals surface area (Å²) in [5.74, 6) is 0. The van der Waals surface area contributed by atoms with Crippen molar-refractivity contribution in [2.45, 2.75) is 25.8 Å². The van der Waals surface area contributed by atoms with E-state index >= 15 is 0 Å². The molecule has 0 heterocycles. The van der Waals surface area contributed by atoms with E-state index in [-0.39, 0.29) is 18.9 Å². The van der Waals surface area contributed by atoms with Crippen LogP contribution in [0.2, 0.25) is 0 Å². The zero-order valence-electron chi connectivity index (χ0n) is 10.5. The second-order valence-corrected chi connectivity index (χ2v) is 4.33. The normalized spacial score (nSPS) is 11.3. The number of nitrogens with zero attached hydrogens (tertiary/aromatic N) is 1. The van der Waals surface area contributed by atoms with Crippen LogP contribution >= 0.6 is 0 Å². The topological polar surface area (TPSA) is 95.6 Å². The molecule has 0 spiro atoms. The minimum Gasteiger partial charge on any atom is -0.394 e. The summed E-state index contributed by atoms with van der Waals surface area (Å²) in [6.07, 6.45) is 0.538. The van der Waals surface area contributed by atoms with Crippen molar-refractivity contribution < 1.29 is 15.1 Å². The fourth-order valence-electron chi connectivity index (χ4n) is 1.63. The fraction of sp³-hybridized carbons (Fsp3) is 0.500. The minimum absolute atomic E-state index is 0.0214. The largest absolute Gasteiger partial charge is 0.394 e. The average Bonchev–Trinajstić information content (AvgIpc) is 2.38. The molecule has 0 saturated heterocycles. The van der Waals surface area contributed by atoms with Crippen molar-refractivity contribution in [1.29, 1.82) is 0 Å². The third-order valence-corrected chi connectivity index (χ3v) is 3.10. The summed E-state index contributed by atoms with van der Waals surface area (Å²) in [5, 5.41) is 32.4. The van der Waals surface area contributed by atoms with Gasteiger partial charge in [-0.25, -0.2) is 0 Å². The van der Waals surface area contributed by atoms with Gasteiger partial charge in [0, 0.05) is 17.8 Å². The monoisotopic (exact) mass is 254 g/mol. The van der Waals surface area contributed by atoms with Crippen molar-refractivity contribution in [1.82, 2.24) is 0 Å². The first-order valence-electron chi connectivity index (χ1n) is 5.73. The highest BCUT2D eigenvalue weighted by molar-refractivity contribution is 5.56. The van der Waals surface area contributed by atoms with Crippen molar-refractivity contribution in [3.8, 4) is 0 Å². The first-order valence-corrected chi connectivity index (χ1v) is 5.73. The molecule has 1 aromatic rings. The van der Waals surface area contributed by atoms with E-state index in [0.29, 0.717) is 17.7 Å². The first-order chi connectivity index (χ1) is 8.48. The van der Waals surface area contributed by atoms with E-state index in [1.807, 2.05) is 6.92 Å². The summed E-state index contributed by atoms with van der Waals surface area (Å²) in [4.78, 5) is 10.2. The van der Waals surface area contributed by atoms with Gasteiger partial charge in [-0.15, -0.1) is 0 Å². The number of aliphatic hydroxyl groups is 2. The van der Waals surface area contributed by atoms with Crippen LogP contribution in [0, 0.1) is 17.0 Å². The second kappa shape index (κ2) is 5.79. The summed E-state index contributed by atoms with van der Waals surface area (Å²) in [5.41, 5.74) is 0.587. The van der Waals surface area contributed by atoms with Gasteiger partial charge in [0.05, 0.1) is 23.7 Å². The van der Waals surface area contributed by atoms with E-state index in [2.05, 4.69) is 5.32 Å². The lowest BCUT2D eigenvalue weighted by atomic mass is 9.97. The SMILES string of the molecule is CCC(CO)(CO)Nc1ccc([N+](=O)[O-])cc1C. The molecule has 3 N–H and O–H groups in total. The van der Waals surface area contributed by atoms with E-state index in [1.165, 1.54) is 12.1 Å². The number of non-ortho nitro benzene ring substituents is 1. The van der Waals surface area contributed by atoms with E-state index in [4.69, 9.17) is 0 Å². The molecule has 0 aliphatic rings. The molecule has 6 nitrogen and oxygen atoms in total. The number of hydrogen-bond acceptors (Lipinski definition) is 5. The Balaban J connectivity index is 3.01. The Morgan fingerprint density at radius 2 is 2.00 bits per heavy atom. The Morgan fingerprint density at radius 3 is 2.39 bits per heavy atom. The third-order valence-electron chi connectivity index (χ3n) is 3.10. The minimum atomic E-state index is -0.805. The van der Waals surface area contributed by atoms with Crippen LogP contribution in [-0.2, 0) is 0 Å². The lowest BCUT2D eigenvalue weighted by molar-refractivity contribution is -0.384. The lowest BCUT2D eigenvalue weighted by Crippen LogP contribution is -2.45. The van der Waals surface area contributed by atoms with Crippen LogP contribution in [0.4, 0.5) is 11.4 Å². The molecule has 0 aliphatic carbocycles. The Hall–Kier alpha value is -1.66. The highest BCUT2D eigenvalue weighted by Crippen LogP contribution is 2.25. The van der Waals surface area contributed by atoms with Crippen LogP contribution in [0.15, 0.2) is 18.2 Å². The summed E-state index contributed by atoms with van der Waals surface area (Å²) >= 11 is 0. The van der Waals surface area contributed by atoms with Gasteiger partial charge in [-0.1, -0.05) is 6.92 Å². The van der Waals surface area contributed by atoms with Crippen LogP contribution in [0.1, 0.15) is 18.9 Å². The molecule has 0 saturated carbocycles. The lowest BCUT2D eigenvalue weighted by Gasteiger charge is -2.31. The third kappa shape index (κ3) is 2.96. The van der Waals surface area contributed by atoms with Gasteiger partial charge in [-0.3, -0.25) is 10.1 Å². The number of aliphatic hydroxyl groups excluding tert-OH is 2. The number of benzene rings is 1. The summed E-state index contributed by atoms with van der Waals surface area (Å²) in [7, 11) is 0. The summed E-state index contributed by atoms with van der Waals surface area (Å²) in [6.45, 7) is 3.16. The van der Waals surface area contributed by atoms with Crippen LogP contribution in [0.25, 0.3) is 0 Å². The van der Waals surface area contributed by atoms with Crippen molar-refractivity contribution >= 4 is 11.4 Å². The van der Waals surface area contributed by atoms with Gasteiger partial charge in [-0.2, -0.15) is 0 Å². The van der Waals surface area contributed by atoms with Crippen LogP contribution < -0.4 is 5.32 Å². The Morgan fingerprint density at radius 1 is 1.39 bits per heavy atom. The number of hydrogen-bond donors (Lipinski definition) is 3. The Labute approximate surface area is 105 Å². The molecule has 6 heteroatoms. The summed E-state index contributed by atoms with van der Waals surface area (Å²) in [6, 6.07) is 4.44. The molecular weight excluding hydrogens is 236 g/mol. The summed E-state index contributed by atoms with van der Waals surface area (Å²) < 4.78 is 0. The zero-order valence-corrected chi connectivity index (χ0v) is 10.5. The maximum atomic E-state index is 10.6. The molecule has 1 rings (SSSR count). The van der Waals surface area contributed by atoms with Crippen molar-refractivity contribution in [3.05, 3.63) is 33.9 Å².